The molecule has 3 nitrogen and oxygen atoms in total. The van der Waals surface area contributed by atoms with E-state index in [0.29, 0.717) is 19.4 Å². The van der Waals surface area contributed by atoms with Crippen molar-refractivity contribution in [2.75, 3.05) is 6.54 Å². The molecule has 0 aromatic carbocycles. The molecule has 1 aliphatic carbocycles. The monoisotopic (exact) mass is 229 g/mol. The Morgan fingerprint density at radius 3 is 2.44 bits per heavy atom. The van der Waals surface area contributed by atoms with Crippen molar-refractivity contribution in [3.8, 4) is 0 Å². The van der Waals surface area contributed by atoms with E-state index in [0.717, 1.165) is 11.4 Å². The molecule has 0 atom stereocenters. The molecule has 0 spiro atoms. The molecule has 1 fully saturated rings. The van der Waals surface area contributed by atoms with Crippen LogP contribution in [-0.2, 0) is 5.41 Å². The molecule has 0 radical (unpaired) electrons. The quantitative estimate of drug-likeness (QED) is 0.816. The third kappa shape index (κ3) is 1.96. The second kappa shape index (κ2) is 3.80. The summed E-state index contributed by atoms with van der Waals surface area (Å²) in [6.45, 7) is 2.28. The van der Waals surface area contributed by atoms with Crippen LogP contribution < -0.4 is 5.73 Å². The van der Waals surface area contributed by atoms with Crippen molar-refractivity contribution in [1.82, 2.24) is 10.2 Å². The summed E-state index contributed by atoms with van der Waals surface area (Å²) in [7, 11) is 0. The highest BCUT2D eigenvalue weighted by atomic mass is 19.3. The van der Waals surface area contributed by atoms with Crippen LogP contribution in [0.15, 0.2) is 6.07 Å². The molecule has 1 aromatic rings. The Morgan fingerprint density at radius 2 is 2.00 bits per heavy atom. The molecule has 0 saturated heterocycles. The van der Waals surface area contributed by atoms with Crippen LogP contribution in [0.25, 0.3) is 0 Å². The maximum atomic E-state index is 13.1. The zero-order valence-corrected chi connectivity index (χ0v) is 9.39. The van der Waals surface area contributed by atoms with Crippen LogP contribution in [0, 0.1) is 6.92 Å². The molecular formula is C11H17F2N3. The standard InChI is InChI=1S/C11H17F2N3/c1-8-6-9(16-15-8)10(7-14)2-4-11(12,13)5-3-10/h6H,2-5,7,14H2,1H3,(H,15,16). The summed E-state index contributed by atoms with van der Waals surface area (Å²) >= 11 is 0. The normalized spacial score (nSPS) is 23.2. The first-order valence-electron chi connectivity index (χ1n) is 5.58. The summed E-state index contributed by atoms with van der Waals surface area (Å²) in [6, 6.07) is 1.91. The minimum Gasteiger partial charge on any atom is -0.330 e. The predicted octanol–water partition coefficient (Wildman–Crippen LogP) is 2.12. The van der Waals surface area contributed by atoms with E-state index < -0.39 is 5.92 Å². The fourth-order valence-corrected chi connectivity index (χ4v) is 2.35. The van der Waals surface area contributed by atoms with Crippen LogP contribution in [0.4, 0.5) is 8.78 Å². The SMILES string of the molecule is Cc1cc(C2(CN)CCC(F)(F)CC2)n[nH]1. The fraction of sp³-hybridized carbons (Fsp3) is 0.727. The Kier molecular flexibility index (Phi) is 2.74. The molecule has 0 amide bonds. The molecule has 0 aliphatic heterocycles. The lowest BCUT2D eigenvalue weighted by Crippen LogP contribution is -2.42. The van der Waals surface area contributed by atoms with Gasteiger partial charge in [0.15, 0.2) is 0 Å². The van der Waals surface area contributed by atoms with E-state index in [1.54, 1.807) is 0 Å². The average Bonchev–Trinajstić information content (AvgIpc) is 2.66. The van der Waals surface area contributed by atoms with Crippen molar-refractivity contribution >= 4 is 0 Å². The smallest absolute Gasteiger partial charge is 0.248 e. The molecule has 2 rings (SSSR count). The average molecular weight is 229 g/mol. The van der Waals surface area contributed by atoms with Crippen molar-refractivity contribution in [2.24, 2.45) is 5.73 Å². The zero-order chi connectivity index (χ0) is 11.8. The highest BCUT2D eigenvalue weighted by Crippen LogP contribution is 2.44. The Balaban J connectivity index is 2.22. The van der Waals surface area contributed by atoms with Gasteiger partial charge in [0.05, 0.1) is 5.69 Å². The van der Waals surface area contributed by atoms with Gasteiger partial charge >= 0.3 is 0 Å². The third-order valence-electron chi connectivity index (χ3n) is 3.58. The van der Waals surface area contributed by atoms with E-state index in [9.17, 15) is 8.78 Å². The van der Waals surface area contributed by atoms with Gasteiger partial charge in [-0.1, -0.05) is 0 Å². The number of aromatic amines is 1. The summed E-state index contributed by atoms with van der Waals surface area (Å²) in [5.41, 5.74) is 7.20. The summed E-state index contributed by atoms with van der Waals surface area (Å²) in [4.78, 5) is 0. The summed E-state index contributed by atoms with van der Waals surface area (Å²) in [5, 5.41) is 7.03. The van der Waals surface area contributed by atoms with Gasteiger partial charge in [0.1, 0.15) is 0 Å². The number of nitrogens with two attached hydrogens (primary N) is 1. The van der Waals surface area contributed by atoms with Crippen molar-refractivity contribution in [3.05, 3.63) is 17.5 Å². The number of nitrogens with one attached hydrogen (secondary N) is 1. The maximum Gasteiger partial charge on any atom is 0.248 e. The van der Waals surface area contributed by atoms with E-state index in [4.69, 9.17) is 5.73 Å². The van der Waals surface area contributed by atoms with Crippen molar-refractivity contribution in [1.29, 1.82) is 0 Å². The van der Waals surface area contributed by atoms with Crippen LogP contribution in [0.1, 0.15) is 37.1 Å². The van der Waals surface area contributed by atoms with Gasteiger partial charge in [-0.25, -0.2) is 8.78 Å². The van der Waals surface area contributed by atoms with Gasteiger partial charge in [0.25, 0.3) is 0 Å². The zero-order valence-electron chi connectivity index (χ0n) is 9.39. The van der Waals surface area contributed by atoms with Crippen molar-refractivity contribution < 1.29 is 8.78 Å². The molecule has 90 valence electrons. The topological polar surface area (TPSA) is 54.7 Å². The number of aryl methyl sites for hydroxylation is 1. The van der Waals surface area contributed by atoms with Crippen LogP contribution in [0.2, 0.25) is 0 Å². The van der Waals surface area contributed by atoms with E-state index in [1.165, 1.54) is 0 Å². The lowest BCUT2D eigenvalue weighted by Gasteiger charge is -2.38. The number of alkyl halides is 2. The van der Waals surface area contributed by atoms with E-state index >= 15 is 0 Å². The molecule has 3 N–H and O–H groups in total. The van der Waals surface area contributed by atoms with Crippen LogP contribution in [0.5, 0.6) is 0 Å². The molecule has 1 saturated carbocycles. The van der Waals surface area contributed by atoms with Gasteiger partial charge < -0.3 is 5.73 Å². The Hall–Kier alpha value is -0.970. The second-order valence-electron chi connectivity index (χ2n) is 4.78. The van der Waals surface area contributed by atoms with Gasteiger partial charge in [-0.2, -0.15) is 5.10 Å². The minimum absolute atomic E-state index is 0.0872. The van der Waals surface area contributed by atoms with Gasteiger partial charge in [-0.05, 0) is 25.8 Å². The summed E-state index contributed by atoms with van der Waals surface area (Å²) in [6.07, 6.45) is 0.661. The van der Waals surface area contributed by atoms with Crippen molar-refractivity contribution in [2.45, 2.75) is 43.9 Å². The molecule has 1 aromatic heterocycles. The van der Waals surface area contributed by atoms with E-state index in [-0.39, 0.29) is 18.3 Å². The number of halogens is 2. The largest absolute Gasteiger partial charge is 0.330 e. The Bertz CT molecular complexity index is 363. The van der Waals surface area contributed by atoms with Gasteiger partial charge in [0, 0.05) is 30.5 Å². The third-order valence-corrected chi connectivity index (χ3v) is 3.58. The molecule has 0 bridgehead atoms. The van der Waals surface area contributed by atoms with Gasteiger partial charge in [0.2, 0.25) is 5.92 Å². The number of aromatic nitrogens is 2. The van der Waals surface area contributed by atoms with Crippen LogP contribution >= 0.6 is 0 Å². The van der Waals surface area contributed by atoms with Gasteiger partial charge in [-0.15, -0.1) is 0 Å². The highest BCUT2D eigenvalue weighted by Gasteiger charge is 2.44. The molecule has 1 heterocycles. The lowest BCUT2D eigenvalue weighted by molar-refractivity contribution is -0.0514. The molecule has 1 aliphatic rings. The van der Waals surface area contributed by atoms with E-state index in [2.05, 4.69) is 10.2 Å². The van der Waals surface area contributed by atoms with Crippen LogP contribution in [0.3, 0.4) is 0 Å². The molecule has 0 unspecified atom stereocenters. The number of nitrogens with zero attached hydrogens (tertiary/aromatic N) is 1. The highest BCUT2D eigenvalue weighted by molar-refractivity contribution is 5.21. The summed E-state index contributed by atoms with van der Waals surface area (Å²) < 4.78 is 26.3. The first-order valence-corrected chi connectivity index (χ1v) is 5.58. The maximum absolute atomic E-state index is 13.1. The molecule has 5 heteroatoms. The Morgan fingerprint density at radius 1 is 1.38 bits per heavy atom. The first-order chi connectivity index (χ1) is 7.47. The number of rotatable bonds is 2. The summed E-state index contributed by atoms with van der Waals surface area (Å²) in [5.74, 6) is -2.52. The predicted molar refractivity (Wildman–Crippen MR) is 57.5 cm³/mol. The Labute approximate surface area is 93.4 Å². The second-order valence-corrected chi connectivity index (χ2v) is 4.78. The number of hydrogen-bond donors (Lipinski definition) is 2. The lowest BCUT2D eigenvalue weighted by atomic mass is 9.70. The van der Waals surface area contributed by atoms with E-state index in [1.807, 2.05) is 13.0 Å². The van der Waals surface area contributed by atoms with Crippen molar-refractivity contribution in [3.63, 3.8) is 0 Å². The number of H-pyrrole nitrogens is 1. The number of hydrogen-bond acceptors (Lipinski definition) is 2. The first kappa shape index (κ1) is 11.5. The minimum atomic E-state index is -2.52. The molecular weight excluding hydrogens is 212 g/mol. The molecule has 16 heavy (non-hydrogen) atoms. The fourth-order valence-electron chi connectivity index (χ4n) is 2.35. The van der Waals surface area contributed by atoms with Gasteiger partial charge in [-0.3, -0.25) is 5.10 Å². The van der Waals surface area contributed by atoms with Crippen LogP contribution in [-0.4, -0.2) is 22.7 Å².